The van der Waals surface area contributed by atoms with Gasteiger partial charge < -0.3 is 45.4 Å². The molecule has 2 aromatic carbocycles. The molecule has 3 saturated heterocycles. The first-order valence-corrected chi connectivity index (χ1v) is 19.0. The van der Waals surface area contributed by atoms with Crippen molar-refractivity contribution in [3.8, 4) is 5.75 Å². The van der Waals surface area contributed by atoms with Gasteiger partial charge in [0.1, 0.15) is 59.7 Å². The number of urea groups is 1. The molecule has 8 atom stereocenters. The summed E-state index contributed by atoms with van der Waals surface area (Å²) in [7, 11) is 1.40. The lowest BCUT2D eigenvalue weighted by molar-refractivity contribution is -0.162. The molecule has 0 aliphatic carbocycles. The molecule has 7 amide bonds. The van der Waals surface area contributed by atoms with Crippen LogP contribution in [0.2, 0.25) is 0 Å². The SMILES string of the molecule is C[C@@H]1C[C@H]2C(=O)O[C@@H](C)[C@H](NC(=O)[C@H](Cc3cc(F)cc(F)c3)NC(=O)Nc3ccc(OCF)cc3)C(=O)N3CCC[C@H]3C(=O)N(C)[C@@H](C)C(=O)N[C@@H](C)C(=O)N2C1. The molecule has 3 heterocycles. The molecule has 16 nitrogen and oxygen atoms in total. The lowest BCUT2D eigenvalue weighted by Crippen LogP contribution is -2.62. The molecule has 5 rings (SSSR count). The number of nitrogens with one attached hydrogen (secondary N) is 4. The van der Waals surface area contributed by atoms with Gasteiger partial charge in [-0.25, -0.2) is 22.8 Å². The van der Waals surface area contributed by atoms with Crippen molar-refractivity contribution < 1.29 is 56.2 Å². The molecule has 58 heavy (non-hydrogen) atoms. The number of likely N-dealkylation sites (N-methyl/N-ethyl adjacent to an activating group) is 1. The van der Waals surface area contributed by atoms with Crippen LogP contribution in [0, 0.1) is 17.6 Å². The maximum absolute atomic E-state index is 14.5. The molecule has 0 unspecified atom stereocenters. The topological polar surface area (TPSA) is 196 Å². The number of halogens is 3. The van der Waals surface area contributed by atoms with Crippen molar-refractivity contribution in [1.29, 1.82) is 0 Å². The van der Waals surface area contributed by atoms with Gasteiger partial charge in [-0.1, -0.05) is 6.92 Å². The van der Waals surface area contributed by atoms with Gasteiger partial charge >= 0.3 is 12.0 Å². The Morgan fingerprint density at radius 2 is 1.60 bits per heavy atom. The molecule has 0 radical (unpaired) electrons. The highest BCUT2D eigenvalue weighted by atomic mass is 19.1. The number of alkyl halides is 1. The Labute approximate surface area is 333 Å². The standard InChI is InChI=1S/C39H48F3N7O9/c1-20-13-31-38(55)58-23(4)32(37(54)48-12-6-7-30(48)36(53)47(5)22(3)33(50)43-21(2)35(52)49(31)18-20)46-34(51)29(16-24-14-25(41)17-26(42)15-24)45-39(56)44-27-8-10-28(11-9-27)57-19-40/h8-11,14-15,17,20-23,29-32H,6-7,12-13,16,18-19H2,1-5H3,(H,43,50)(H,46,51)(H2,44,45,56)/t20-,21+,22+,23+,29+,30+,31+,32+/m1/s1. The smallest absolute Gasteiger partial charge is 0.329 e. The first kappa shape index (κ1) is 43.2. The van der Waals surface area contributed by atoms with Crippen molar-refractivity contribution >= 4 is 47.2 Å². The van der Waals surface area contributed by atoms with Crippen LogP contribution in [0.3, 0.4) is 0 Å². The van der Waals surface area contributed by atoms with Crippen LogP contribution in [0.1, 0.15) is 52.5 Å². The van der Waals surface area contributed by atoms with E-state index >= 15 is 0 Å². The fraction of sp³-hybridized carbons (Fsp3) is 0.513. The number of fused-ring (bicyclic) bond motifs is 2. The van der Waals surface area contributed by atoms with E-state index in [-0.39, 0.29) is 48.8 Å². The van der Waals surface area contributed by atoms with Crippen molar-refractivity contribution in [1.82, 2.24) is 30.7 Å². The van der Waals surface area contributed by atoms with Crippen LogP contribution in [-0.4, -0.2) is 126 Å². The van der Waals surface area contributed by atoms with E-state index < -0.39 is 109 Å². The first-order valence-electron chi connectivity index (χ1n) is 19.0. The van der Waals surface area contributed by atoms with Crippen LogP contribution in [0.25, 0.3) is 0 Å². The Morgan fingerprint density at radius 3 is 2.26 bits per heavy atom. The quantitative estimate of drug-likeness (QED) is 0.289. The van der Waals surface area contributed by atoms with Gasteiger partial charge in [0.2, 0.25) is 36.4 Å². The predicted molar refractivity (Wildman–Crippen MR) is 200 cm³/mol. The lowest BCUT2D eigenvalue weighted by atomic mass is 10.0. The van der Waals surface area contributed by atoms with Gasteiger partial charge in [-0.3, -0.25) is 24.0 Å². The third-order valence-electron chi connectivity index (χ3n) is 10.6. The predicted octanol–water partition coefficient (Wildman–Crippen LogP) is 2.01. The molecule has 3 aliphatic heterocycles. The number of benzene rings is 2. The third kappa shape index (κ3) is 10.2. The van der Waals surface area contributed by atoms with Crippen molar-refractivity contribution in [2.24, 2.45) is 5.92 Å². The van der Waals surface area contributed by atoms with Crippen molar-refractivity contribution in [3.63, 3.8) is 0 Å². The normalized spacial score (nSPS) is 26.3. The van der Waals surface area contributed by atoms with Crippen LogP contribution in [0.5, 0.6) is 5.75 Å². The van der Waals surface area contributed by atoms with E-state index in [1.165, 1.54) is 66.8 Å². The number of cyclic esters (lactones) is 1. The first-order chi connectivity index (χ1) is 27.5. The zero-order chi connectivity index (χ0) is 42.4. The second-order valence-electron chi connectivity index (χ2n) is 14.9. The van der Waals surface area contributed by atoms with Gasteiger partial charge in [-0.05, 0) is 87.9 Å². The average Bonchev–Trinajstić information content (AvgIpc) is 3.82. The van der Waals surface area contributed by atoms with Crippen LogP contribution >= 0.6 is 0 Å². The van der Waals surface area contributed by atoms with E-state index in [1.807, 2.05) is 6.92 Å². The molecule has 3 fully saturated rings. The van der Waals surface area contributed by atoms with Gasteiger partial charge in [0.25, 0.3) is 0 Å². The molecule has 4 N–H and O–H groups in total. The number of hydrogen-bond acceptors (Lipinski definition) is 9. The van der Waals surface area contributed by atoms with E-state index in [4.69, 9.17) is 9.47 Å². The van der Waals surface area contributed by atoms with Crippen molar-refractivity contribution in [2.45, 2.75) is 95.7 Å². The molecule has 0 aromatic heterocycles. The molecule has 3 aliphatic rings. The minimum Gasteiger partial charge on any atom is -0.463 e. The minimum absolute atomic E-state index is 0.0322. The number of nitrogens with zero attached hydrogens (tertiary/aromatic N) is 3. The number of anilines is 1. The second kappa shape index (κ2) is 18.6. The summed E-state index contributed by atoms with van der Waals surface area (Å²) in [5.74, 6) is -6.36. The Hall–Kier alpha value is -5.88. The van der Waals surface area contributed by atoms with Crippen molar-refractivity contribution in [2.75, 3.05) is 32.3 Å². The second-order valence-corrected chi connectivity index (χ2v) is 14.9. The van der Waals surface area contributed by atoms with Gasteiger partial charge in [0.15, 0.2) is 0 Å². The number of amides is 7. The summed E-state index contributed by atoms with van der Waals surface area (Å²) in [5.41, 5.74) is 0.174. The Bertz CT molecular complexity index is 1880. The average molecular weight is 816 g/mol. The highest BCUT2D eigenvalue weighted by molar-refractivity contribution is 5.98. The maximum Gasteiger partial charge on any atom is 0.329 e. The summed E-state index contributed by atoms with van der Waals surface area (Å²) in [6.07, 6.45) is -1.10. The van der Waals surface area contributed by atoms with E-state index in [0.29, 0.717) is 12.5 Å². The number of carbonyl (C=O) groups excluding carboxylic acids is 7. The molecular weight excluding hydrogens is 767 g/mol. The lowest BCUT2D eigenvalue weighted by Gasteiger charge is -2.36. The summed E-state index contributed by atoms with van der Waals surface area (Å²) >= 11 is 0. The van der Waals surface area contributed by atoms with Gasteiger partial charge in [-0.15, -0.1) is 0 Å². The monoisotopic (exact) mass is 815 g/mol. The molecule has 0 saturated carbocycles. The van der Waals surface area contributed by atoms with Gasteiger partial charge in [0.05, 0.1) is 0 Å². The van der Waals surface area contributed by atoms with Crippen molar-refractivity contribution in [3.05, 3.63) is 59.7 Å². The van der Waals surface area contributed by atoms with Crippen LogP contribution in [0.4, 0.5) is 23.7 Å². The Morgan fingerprint density at radius 1 is 0.931 bits per heavy atom. The van der Waals surface area contributed by atoms with Gasteiger partial charge in [-0.2, -0.15) is 0 Å². The number of esters is 1. The fourth-order valence-electron chi connectivity index (χ4n) is 7.39. The summed E-state index contributed by atoms with van der Waals surface area (Å²) < 4.78 is 51.8. The molecular formula is C39H48F3N7O9. The Balaban J connectivity index is 1.48. The summed E-state index contributed by atoms with van der Waals surface area (Å²) in [6, 6.07) is -0.416. The molecule has 19 heteroatoms. The zero-order valence-electron chi connectivity index (χ0n) is 32.8. The third-order valence-corrected chi connectivity index (χ3v) is 10.6. The highest BCUT2D eigenvalue weighted by Gasteiger charge is 2.46. The largest absolute Gasteiger partial charge is 0.463 e. The Kier molecular flexibility index (Phi) is 13.9. The summed E-state index contributed by atoms with van der Waals surface area (Å²) in [5, 5.41) is 10.1. The molecule has 2 aromatic rings. The van der Waals surface area contributed by atoms with Crippen LogP contribution in [-0.2, 0) is 39.9 Å². The summed E-state index contributed by atoms with van der Waals surface area (Å²) in [4.78, 5) is 100. The fourth-order valence-corrected chi connectivity index (χ4v) is 7.39. The van der Waals surface area contributed by atoms with E-state index in [0.717, 1.165) is 12.1 Å². The van der Waals surface area contributed by atoms with E-state index in [1.54, 1.807) is 0 Å². The molecule has 0 bridgehead atoms. The molecule has 0 spiro atoms. The number of ether oxygens (including phenoxy) is 2. The zero-order valence-corrected chi connectivity index (χ0v) is 32.8. The van der Waals surface area contributed by atoms with Crippen LogP contribution in [0.15, 0.2) is 42.5 Å². The summed E-state index contributed by atoms with van der Waals surface area (Å²) in [6.45, 7) is 5.28. The van der Waals surface area contributed by atoms with Gasteiger partial charge in [0, 0.05) is 38.3 Å². The molecule has 314 valence electrons. The number of carbonyl (C=O) groups is 7. The maximum atomic E-state index is 14.5. The minimum atomic E-state index is -1.68. The number of hydrogen-bond donors (Lipinski definition) is 4. The number of rotatable bonds is 8. The van der Waals surface area contributed by atoms with Crippen LogP contribution < -0.4 is 26.0 Å². The highest BCUT2D eigenvalue weighted by Crippen LogP contribution is 2.27. The van der Waals surface area contributed by atoms with E-state index in [2.05, 4.69) is 21.3 Å². The van der Waals surface area contributed by atoms with E-state index in [9.17, 15) is 46.7 Å².